The SMILES string of the molecule is CN(C)C(=O)c1ccc(NCc2ccco2)nn1. The molecule has 0 aliphatic heterocycles. The second kappa shape index (κ2) is 5.31. The molecule has 1 N–H and O–H groups in total. The zero-order chi connectivity index (χ0) is 13.0. The number of hydrogen-bond acceptors (Lipinski definition) is 5. The van der Waals surface area contributed by atoms with Crippen LogP contribution >= 0.6 is 0 Å². The van der Waals surface area contributed by atoms with Crippen molar-refractivity contribution in [1.29, 1.82) is 0 Å². The molecule has 0 bridgehead atoms. The summed E-state index contributed by atoms with van der Waals surface area (Å²) in [5.74, 6) is 1.24. The van der Waals surface area contributed by atoms with Crippen molar-refractivity contribution in [3.8, 4) is 0 Å². The summed E-state index contributed by atoms with van der Waals surface area (Å²) in [5.41, 5.74) is 0.323. The van der Waals surface area contributed by atoms with Gasteiger partial charge in [-0.3, -0.25) is 4.79 Å². The molecule has 2 heterocycles. The van der Waals surface area contributed by atoms with Gasteiger partial charge in [0.1, 0.15) is 11.6 Å². The third-order valence-electron chi connectivity index (χ3n) is 2.31. The van der Waals surface area contributed by atoms with E-state index in [0.717, 1.165) is 5.76 Å². The van der Waals surface area contributed by atoms with Gasteiger partial charge in [-0.25, -0.2) is 0 Å². The van der Waals surface area contributed by atoms with Crippen LogP contribution in [0.1, 0.15) is 16.2 Å². The Morgan fingerprint density at radius 1 is 1.33 bits per heavy atom. The van der Waals surface area contributed by atoms with E-state index >= 15 is 0 Å². The zero-order valence-electron chi connectivity index (χ0n) is 10.3. The maximum atomic E-state index is 11.6. The van der Waals surface area contributed by atoms with Crippen molar-refractivity contribution in [2.45, 2.75) is 6.54 Å². The Labute approximate surface area is 105 Å². The molecule has 0 unspecified atom stereocenters. The molecule has 6 heteroatoms. The second-order valence-electron chi connectivity index (χ2n) is 3.94. The van der Waals surface area contributed by atoms with E-state index < -0.39 is 0 Å². The standard InChI is InChI=1S/C12H14N4O2/c1-16(2)12(17)10-5-6-11(15-14-10)13-8-9-4-3-7-18-9/h3-7H,8H2,1-2H3,(H,13,15). The van der Waals surface area contributed by atoms with Crippen LogP contribution in [-0.4, -0.2) is 35.1 Å². The zero-order valence-corrected chi connectivity index (χ0v) is 10.3. The van der Waals surface area contributed by atoms with Crippen LogP contribution in [0.25, 0.3) is 0 Å². The van der Waals surface area contributed by atoms with Crippen LogP contribution in [0.15, 0.2) is 34.9 Å². The van der Waals surface area contributed by atoms with Crippen molar-refractivity contribution >= 4 is 11.7 Å². The summed E-state index contributed by atoms with van der Waals surface area (Å²) in [5, 5.41) is 10.8. The second-order valence-corrected chi connectivity index (χ2v) is 3.94. The van der Waals surface area contributed by atoms with Gasteiger partial charge >= 0.3 is 0 Å². The summed E-state index contributed by atoms with van der Waals surface area (Å²) >= 11 is 0. The molecule has 2 aromatic heterocycles. The third-order valence-corrected chi connectivity index (χ3v) is 2.31. The van der Waals surface area contributed by atoms with Gasteiger partial charge in [-0.05, 0) is 24.3 Å². The van der Waals surface area contributed by atoms with Crippen molar-refractivity contribution < 1.29 is 9.21 Å². The smallest absolute Gasteiger partial charge is 0.273 e. The van der Waals surface area contributed by atoms with E-state index in [1.165, 1.54) is 4.90 Å². The van der Waals surface area contributed by atoms with Crippen LogP contribution in [0.4, 0.5) is 5.82 Å². The van der Waals surface area contributed by atoms with Crippen molar-refractivity contribution in [1.82, 2.24) is 15.1 Å². The lowest BCUT2D eigenvalue weighted by molar-refractivity contribution is 0.0821. The molecular weight excluding hydrogens is 232 g/mol. The third kappa shape index (κ3) is 2.85. The average molecular weight is 246 g/mol. The Kier molecular flexibility index (Phi) is 3.57. The highest BCUT2D eigenvalue weighted by Gasteiger charge is 2.09. The van der Waals surface area contributed by atoms with E-state index in [1.807, 2.05) is 12.1 Å². The van der Waals surface area contributed by atoms with Crippen molar-refractivity contribution in [2.75, 3.05) is 19.4 Å². The van der Waals surface area contributed by atoms with Gasteiger partial charge in [0, 0.05) is 14.1 Å². The molecule has 1 amide bonds. The van der Waals surface area contributed by atoms with Gasteiger partial charge in [-0.1, -0.05) is 0 Å². The van der Waals surface area contributed by atoms with Crippen LogP contribution in [0.3, 0.4) is 0 Å². The van der Waals surface area contributed by atoms with Crippen molar-refractivity contribution in [2.24, 2.45) is 0 Å². The van der Waals surface area contributed by atoms with Gasteiger partial charge in [0.2, 0.25) is 0 Å². The number of amides is 1. The number of carbonyl (C=O) groups excluding carboxylic acids is 1. The lowest BCUT2D eigenvalue weighted by Crippen LogP contribution is -2.23. The van der Waals surface area contributed by atoms with Crippen LogP contribution in [0.5, 0.6) is 0 Å². The van der Waals surface area contributed by atoms with Crippen LogP contribution in [-0.2, 0) is 6.54 Å². The fourth-order valence-corrected chi connectivity index (χ4v) is 1.36. The minimum atomic E-state index is -0.167. The molecule has 2 rings (SSSR count). The minimum absolute atomic E-state index is 0.167. The number of aromatic nitrogens is 2. The maximum Gasteiger partial charge on any atom is 0.273 e. The van der Waals surface area contributed by atoms with E-state index in [1.54, 1.807) is 32.5 Å². The molecule has 94 valence electrons. The van der Waals surface area contributed by atoms with Crippen molar-refractivity contribution in [3.05, 3.63) is 42.0 Å². The molecular formula is C12H14N4O2. The van der Waals surface area contributed by atoms with Gasteiger partial charge in [0.15, 0.2) is 5.69 Å². The molecule has 0 saturated heterocycles. The molecule has 0 aliphatic rings. The first kappa shape index (κ1) is 12.1. The Hall–Kier alpha value is -2.37. The Bertz CT molecular complexity index is 505. The predicted octanol–water partition coefficient (Wildman–Crippen LogP) is 1.38. The van der Waals surface area contributed by atoms with Gasteiger partial charge in [0.25, 0.3) is 5.91 Å². The fourth-order valence-electron chi connectivity index (χ4n) is 1.36. The quantitative estimate of drug-likeness (QED) is 0.882. The molecule has 0 spiro atoms. The summed E-state index contributed by atoms with van der Waals surface area (Å²) in [4.78, 5) is 13.0. The number of nitrogens with zero attached hydrogens (tertiary/aromatic N) is 3. The van der Waals surface area contributed by atoms with Gasteiger partial charge < -0.3 is 14.6 Å². The van der Waals surface area contributed by atoms with Crippen LogP contribution in [0, 0.1) is 0 Å². The minimum Gasteiger partial charge on any atom is -0.467 e. The van der Waals surface area contributed by atoms with E-state index in [0.29, 0.717) is 18.1 Å². The highest BCUT2D eigenvalue weighted by Crippen LogP contribution is 2.07. The van der Waals surface area contributed by atoms with Gasteiger partial charge in [-0.2, -0.15) is 0 Å². The fraction of sp³-hybridized carbons (Fsp3) is 0.250. The molecule has 0 aliphatic carbocycles. The molecule has 18 heavy (non-hydrogen) atoms. The topological polar surface area (TPSA) is 71.3 Å². The summed E-state index contributed by atoms with van der Waals surface area (Å²) in [7, 11) is 3.35. The summed E-state index contributed by atoms with van der Waals surface area (Å²) in [6, 6.07) is 7.04. The average Bonchev–Trinajstić information content (AvgIpc) is 2.89. The van der Waals surface area contributed by atoms with E-state index in [2.05, 4.69) is 15.5 Å². The summed E-state index contributed by atoms with van der Waals surface area (Å²) in [6.07, 6.45) is 1.61. The van der Waals surface area contributed by atoms with Gasteiger partial charge in [0.05, 0.1) is 12.8 Å². The lowest BCUT2D eigenvalue weighted by atomic mass is 10.3. The molecule has 2 aromatic rings. The molecule has 0 radical (unpaired) electrons. The van der Waals surface area contributed by atoms with Crippen molar-refractivity contribution in [3.63, 3.8) is 0 Å². The summed E-state index contributed by atoms with van der Waals surface area (Å²) in [6.45, 7) is 0.530. The Balaban J connectivity index is 1.97. The monoisotopic (exact) mass is 246 g/mol. The van der Waals surface area contributed by atoms with Gasteiger partial charge in [-0.15, -0.1) is 10.2 Å². The number of nitrogens with one attached hydrogen (secondary N) is 1. The number of hydrogen-bond donors (Lipinski definition) is 1. The molecule has 0 saturated carbocycles. The largest absolute Gasteiger partial charge is 0.467 e. The highest BCUT2D eigenvalue weighted by atomic mass is 16.3. The Morgan fingerprint density at radius 3 is 2.72 bits per heavy atom. The van der Waals surface area contributed by atoms with Crippen LogP contribution in [0.2, 0.25) is 0 Å². The normalized spacial score (nSPS) is 10.1. The molecule has 0 aromatic carbocycles. The van der Waals surface area contributed by atoms with E-state index in [-0.39, 0.29) is 5.91 Å². The first-order valence-corrected chi connectivity index (χ1v) is 5.48. The lowest BCUT2D eigenvalue weighted by Gasteiger charge is -2.09. The number of carbonyl (C=O) groups is 1. The first-order chi connectivity index (χ1) is 8.66. The predicted molar refractivity (Wildman–Crippen MR) is 66.1 cm³/mol. The van der Waals surface area contributed by atoms with E-state index in [9.17, 15) is 4.79 Å². The summed E-state index contributed by atoms with van der Waals surface area (Å²) < 4.78 is 5.18. The molecule has 0 atom stereocenters. The maximum absolute atomic E-state index is 11.6. The first-order valence-electron chi connectivity index (χ1n) is 5.48. The van der Waals surface area contributed by atoms with E-state index in [4.69, 9.17) is 4.42 Å². The molecule has 6 nitrogen and oxygen atoms in total. The molecule has 0 fully saturated rings. The number of anilines is 1. The highest BCUT2D eigenvalue weighted by molar-refractivity contribution is 5.91. The number of furan rings is 1. The Morgan fingerprint density at radius 2 is 2.17 bits per heavy atom. The van der Waals surface area contributed by atoms with Crippen LogP contribution < -0.4 is 5.32 Å². The number of rotatable bonds is 4.